The summed E-state index contributed by atoms with van der Waals surface area (Å²) in [6.07, 6.45) is 15.2. The van der Waals surface area contributed by atoms with E-state index in [4.69, 9.17) is 97.9 Å². The Labute approximate surface area is 610 Å². The second kappa shape index (κ2) is 40.1. The average molecular weight is 1490 g/mol. The number of benzene rings is 3. The molecule has 0 spiro atoms. The van der Waals surface area contributed by atoms with Crippen LogP contribution in [0.15, 0.2) is 90.7 Å². The van der Waals surface area contributed by atoms with Crippen molar-refractivity contribution >= 4 is 145 Å². The maximum Gasteiger partial charge on any atom is 0.303 e. The summed E-state index contributed by atoms with van der Waals surface area (Å²) in [5.74, 6) is -4.49. The number of Topliss-reactive ketones (excluding diaryl/α,β-unsaturated/α-hetero) is 1. The number of carboxylic acid groups (broad SMARTS) is 1. The standard InChI is InChI=1S/C32H44N2O4.C30H18Cl8N6O4.C8H19N.C2H6/c1-4-7-20-33(21-8-5-2)26-16-12-24(13-17-26)29-31(37)30(32(29)38)25-14-18-27(19-15-25)34(22-9-6-3)23-10-11-28(35)36;31-19-11-7-39-27(45)15-3-1-4-16(43-15)28(46)40-8-12-21(33)25(37)14(26(38)22(12)34)10-42-30(48)18-6-2-5-17(44-18)29(47)41-9-13(23(19)35)24(36)20(11)32;1-6-9(7(2)3)8(4)5;1-2/h12-19,25,30H,4-11,20-23H2,1-3H3,(H-,35,36,37,38);1-6H,7-10H2,(H,39,45)(H,40,46)(H,41,47)(H,42,48);7-8H,6H2,1-5H3;1-2H3/p+1. The zero-order chi connectivity index (χ0) is 71.8. The molecule has 3 aromatic carbocycles. The number of aliphatic carboxylic acids is 1. The first-order chi connectivity index (χ1) is 46.3. The average Bonchev–Trinajstić information content (AvgIpc) is 0.754. The Bertz CT molecular complexity index is 3380. The topological polar surface area (TPSA) is 230 Å². The van der Waals surface area contributed by atoms with E-state index in [1.54, 1.807) is 4.90 Å². The van der Waals surface area contributed by atoms with Crippen molar-refractivity contribution in [2.45, 2.75) is 159 Å². The van der Waals surface area contributed by atoms with Gasteiger partial charge in [0.05, 0.1) is 65.2 Å². The van der Waals surface area contributed by atoms with Gasteiger partial charge in [0.15, 0.2) is 11.5 Å². The second-order valence-corrected chi connectivity index (χ2v) is 26.6. The molecule has 2 aliphatic carbocycles. The molecule has 4 amide bonds. The molecule has 8 bridgehead atoms. The Morgan fingerprint density at radius 1 is 0.567 bits per heavy atom. The lowest BCUT2D eigenvalue weighted by molar-refractivity contribution is -0.940. The van der Waals surface area contributed by atoms with Gasteiger partial charge in [0.2, 0.25) is 0 Å². The van der Waals surface area contributed by atoms with Crippen LogP contribution in [0.3, 0.4) is 0 Å². The number of quaternary nitrogens is 1. The summed E-state index contributed by atoms with van der Waals surface area (Å²) in [5.41, 5.74) is 3.59. The Balaban J connectivity index is 0.000000310. The van der Waals surface area contributed by atoms with Crippen molar-refractivity contribution in [1.29, 1.82) is 0 Å². The number of allylic oxidation sites excluding steroid dienone is 6. The van der Waals surface area contributed by atoms with Crippen molar-refractivity contribution in [3.63, 3.8) is 0 Å². The Morgan fingerprint density at radius 2 is 0.918 bits per heavy atom. The van der Waals surface area contributed by atoms with E-state index >= 15 is 0 Å². The Hall–Kier alpha value is -6.25. The van der Waals surface area contributed by atoms with Gasteiger partial charge in [0, 0.05) is 110 Å². The summed E-state index contributed by atoms with van der Waals surface area (Å²) in [6, 6.07) is 18.0. The molecule has 5 aromatic rings. The van der Waals surface area contributed by atoms with Gasteiger partial charge in [-0.3, -0.25) is 28.8 Å². The van der Waals surface area contributed by atoms with E-state index < -0.39 is 35.5 Å². The van der Waals surface area contributed by atoms with E-state index in [-0.39, 0.29) is 135 Å². The molecule has 4 aliphatic heterocycles. The predicted octanol–water partition coefficient (Wildman–Crippen LogP) is 14.7. The van der Waals surface area contributed by atoms with Crippen LogP contribution in [0.2, 0.25) is 40.2 Å². The van der Waals surface area contributed by atoms with Crippen LogP contribution in [0.5, 0.6) is 0 Å². The zero-order valence-electron chi connectivity index (χ0n) is 56.5. The molecular weight excluding hydrogens is 1400 g/mol. The van der Waals surface area contributed by atoms with Gasteiger partial charge < -0.3 is 41.3 Å². The highest BCUT2D eigenvalue weighted by Gasteiger charge is 2.39. The van der Waals surface area contributed by atoms with Gasteiger partial charge in [-0.25, -0.2) is 14.5 Å². The SMILES string of the molecule is CC.CCCCN(CCCC)c1ccc(C2=C([O-])C(C3C=CC(=[N+](CCCC)CCCC(=O)O)C=C3)C2=O)cc1.CC[NH+](C(C)C)C(C)C.O=C1NCc2c(Cl)c(Cl)c(c(Cl)c2Cl)CNC(=O)c2cccc(n2)C(=O)NCc2c(Cl)c(Cl)c(c(Cl)c2Cl)CNC(=O)c2cccc1n2. The quantitative estimate of drug-likeness (QED) is 0.0336. The minimum Gasteiger partial charge on any atom is -0.874 e. The highest BCUT2D eigenvalue weighted by Crippen LogP contribution is 2.44. The van der Waals surface area contributed by atoms with Crippen LogP contribution in [0.4, 0.5) is 5.69 Å². The zero-order valence-corrected chi connectivity index (χ0v) is 62.6. The Kier molecular flexibility index (Phi) is 33.7. The fourth-order valence-electron chi connectivity index (χ4n) is 11.1. The first kappa shape index (κ1) is 81.4. The highest BCUT2D eigenvalue weighted by atomic mass is 35.5. The molecule has 6 N–H and O–H groups in total. The van der Waals surface area contributed by atoms with E-state index in [1.807, 2.05) is 62.4 Å². The van der Waals surface area contributed by atoms with E-state index in [1.165, 1.54) is 42.9 Å². The monoisotopic (exact) mass is 1490 g/mol. The van der Waals surface area contributed by atoms with Crippen LogP contribution in [-0.4, -0.2) is 106 Å². The van der Waals surface area contributed by atoms with Crippen molar-refractivity contribution < 1.29 is 48.5 Å². The first-order valence-electron chi connectivity index (χ1n) is 32.9. The molecule has 25 heteroatoms. The van der Waals surface area contributed by atoms with Crippen molar-refractivity contribution in [2.24, 2.45) is 11.8 Å². The molecule has 0 saturated carbocycles. The van der Waals surface area contributed by atoms with Crippen LogP contribution >= 0.6 is 92.8 Å². The fourth-order valence-corrected chi connectivity index (χ4v) is 13.5. The third kappa shape index (κ3) is 21.9. The number of nitrogens with zero attached hydrogens (tertiary/aromatic N) is 4. The number of carbonyl (C=O) groups is 6. The summed E-state index contributed by atoms with van der Waals surface area (Å²) in [7, 11) is 0. The smallest absolute Gasteiger partial charge is 0.303 e. The normalized spacial score (nSPS) is 15.6. The number of halogens is 8. The van der Waals surface area contributed by atoms with Crippen molar-refractivity contribution in [3.05, 3.63) is 182 Å². The number of ketones is 1. The van der Waals surface area contributed by atoms with E-state index in [2.05, 4.69) is 96.1 Å². The van der Waals surface area contributed by atoms with Crippen LogP contribution in [0.1, 0.15) is 190 Å². The summed E-state index contributed by atoms with van der Waals surface area (Å²) < 4.78 is 2.20. The first-order valence-corrected chi connectivity index (χ1v) is 35.9. The van der Waals surface area contributed by atoms with Crippen LogP contribution < -0.4 is 36.2 Å². The van der Waals surface area contributed by atoms with E-state index in [0.717, 1.165) is 81.6 Å². The molecule has 1 unspecified atom stereocenters. The molecule has 6 aliphatic rings. The van der Waals surface area contributed by atoms with Gasteiger partial charge in [0.25, 0.3) is 23.6 Å². The van der Waals surface area contributed by atoms with Gasteiger partial charge in [-0.2, -0.15) is 0 Å². The number of nitrogens with one attached hydrogen (secondary N) is 5. The molecule has 6 heterocycles. The van der Waals surface area contributed by atoms with Crippen LogP contribution in [0.25, 0.3) is 5.57 Å². The van der Waals surface area contributed by atoms with E-state index in [0.29, 0.717) is 24.1 Å². The third-order valence-corrected chi connectivity index (χ3v) is 20.1. The molecule has 0 radical (unpaired) electrons. The molecule has 17 nitrogen and oxygen atoms in total. The number of pyridine rings is 2. The predicted molar refractivity (Wildman–Crippen MR) is 392 cm³/mol. The number of hydrogen-bond donors (Lipinski definition) is 6. The largest absolute Gasteiger partial charge is 0.874 e. The van der Waals surface area contributed by atoms with Crippen molar-refractivity contribution in [2.75, 3.05) is 37.6 Å². The highest BCUT2D eigenvalue weighted by molar-refractivity contribution is 6.50. The fraction of sp³-hybridized carbons (Fsp3) is 0.431. The maximum absolute atomic E-state index is 13.1. The van der Waals surface area contributed by atoms with Gasteiger partial charge in [-0.05, 0) is 89.4 Å². The van der Waals surface area contributed by atoms with Crippen LogP contribution in [-0.2, 0) is 35.8 Å². The Morgan fingerprint density at radius 3 is 1.22 bits per heavy atom. The number of unbranched alkanes of at least 4 members (excludes halogenated alkanes) is 3. The number of hydrogen-bond acceptors (Lipinski definition) is 10. The molecule has 524 valence electrons. The number of anilines is 1. The molecule has 2 aromatic heterocycles. The van der Waals surface area contributed by atoms with Crippen molar-refractivity contribution in [3.8, 4) is 0 Å². The van der Waals surface area contributed by atoms with Crippen molar-refractivity contribution in [1.82, 2.24) is 31.2 Å². The molecule has 1 atom stereocenters. The van der Waals surface area contributed by atoms with Gasteiger partial charge in [-0.15, -0.1) is 5.76 Å². The summed E-state index contributed by atoms with van der Waals surface area (Å²) >= 11 is 52.1. The number of carbonyl (C=O) groups excluding carboxylic acids is 5. The summed E-state index contributed by atoms with van der Waals surface area (Å²) in [4.78, 5) is 88.5. The lowest BCUT2D eigenvalue weighted by atomic mass is 9.71. The number of carboxylic acids is 1. The number of amides is 4. The summed E-state index contributed by atoms with van der Waals surface area (Å²) in [5, 5.41) is 32.5. The van der Waals surface area contributed by atoms with Gasteiger partial charge in [0.1, 0.15) is 35.9 Å². The minimum atomic E-state index is -0.783. The lowest BCUT2D eigenvalue weighted by Crippen LogP contribution is -3.17. The van der Waals surface area contributed by atoms with Gasteiger partial charge in [-0.1, -0.05) is 183 Å². The van der Waals surface area contributed by atoms with Gasteiger partial charge >= 0.3 is 5.97 Å². The number of aromatic nitrogens is 2. The lowest BCUT2D eigenvalue weighted by Gasteiger charge is -2.40. The van der Waals surface area contributed by atoms with E-state index in [9.17, 15) is 33.9 Å². The summed E-state index contributed by atoms with van der Waals surface area (Å²) in [6.45, 7) is 25.8. The molecule has 0 saturated heterocycles. The molecular formula is C72H88Cl8N9O8+. The molecule has 97 heavy (non-hydrogen) atoms. The second-order valence-electron chi connectivity index (χ2n) is 23.6. The maximum atomic E-state index is 13.1. The minimum absolute atomic E-state index is 0.0137. The molecule has 11 rings (SSSR count). The third-order valence-electron chi connectivity index (χ3n) is 16.4. The molecule has 0 fully saturated rings. The van der Waals surface area contributed by atoms with Crippen LogP contribution in [0, 0.1) is 11.8 Å². The number of rotatable bonds is 19.